The average Bonchev–Trinajstić information content (AvgIpc) is 2.96. The molecule has 0 N–H and O–H groups in total. The van der Waals surface area contributed by atoms with Crippen molar-refractivity contribution in [1.29, 1.82) is 0 Å². The fourth-order valence-electron chi connectivity index (χ4n) is 2.33. The summed E-state index contributed by atoms with van der Waals surface area (Å²) in [6, 6.07) is 9.63. The van der Waals surface area contributed by atoms with Crippen LogP contribution < -0.4 is 0 Å². The van der Waals surface area contributed by atoms with Crippen molar-refractivity contribution in [3.63, 3.8) is 0 Å². The monoisotopic (exact) mass is 393 g/mol. The fourth-order valence-corrected chi connectivity index (χ4v) is 2.85. The largest absolute Gasteiger partial charge is 0.436 e. The topological polar surface area (TPSA) is 78.6 Å². The second-order valence-electron chi connectivity index (χ2n) is 5.44. The molecular weight excluding hydrogens is 381 g/mol. The Hall–Kier alpha value is -2.57. The van der Waals surface area contributed by atoms with Crippen LogP contribution in [-0.2, 0) is 14.3 Å². The summed E-state index contributed by atoms with van der Waals surface area (Å²) in [4.78, 5) is 27.4. The molecule has 26 heavy (non-hydrogen) atoms. The Morgan fingerprint density at radius 1 is 1.08 bits per heavy atom. The second-order valence-corrected chi connectivity index (χ2v) is 6.31. The summed E-state index contributed by atoms with van der Waals surface area (Å²) in [5, 5.41) is 0.914. The minimum absolute atomic E-state index is 0.239. The number of nitrogens with zero attached hydrogens (tertiary/aromatic N) is 1. The molecule has 0 saturated heterocycles. The van der Waals surface area contributed by atoms with Crippen LogP contribution in [0.5, 0.6) is 0 Å². The summed E-state index contributed by atoms with van der Waals surface area (Å²) >= 11 is 12.0. The van der Waals surface area contributed by atoms with Gasteiger partial charge in [-0.1, -0.05) is 23.2 Å². The molecule has 0 radical (unpaired) electrons. The van der Waals surface area contributed by atoms with E-state index in [0.29, 0.717) is 32.6 Å². The van der Waals surface area contributed by atoms with E-state index in [9.17, 15) is 9.59 Å². The second kappa shape index (κ2) is 7.35. The molecule has 0 spiro atoms. The number of aromatic nitrogens is 1. The zero-order valence-electron chi connectivity index (χ0n) is 13.8. The molecule has 3 rings (SSSR count). The van der Waals surface area contributed by atoms with Gasteiger partial charge in [-0.05, 0) is 36.4 Å². The van der Waals surface area contributed by atoms with Gasteiger partial charge < -0.3 is 13.9 Å². The highest BCUT2D eigenvalue weighted by atomic mass is 35.5. The SMILES string of the molecule is CC(=O)OC(C)OC(=O)c1ccc2nc(-c3cc(Cl)cc(Cl)c3)oc2c1. The molecule has 1 atom stereocenters. The number of carbonyl (C=O) groups is 2. The Morgan fingerprint density at radius 3 is 2.42 bits per heavy atom. The van der Waals surface area contributed by atoms with Gasteiger partial charge in [-0.25, -0.2) is 9.78 Å². The van der Waals surface area contributed by atoms with Gasteiger partial charge in [0.05, 0.1) is 5.56 Å². The van der Waals surface area contributed by atoms with E-state index in [-0.39, 0.29) is 5.56 Å². The Morgan fingerprint density at radius 2 is 1.77 bits per heavy atom. The van der Waals surface area contributed by atoms with Crippen LogP contribution in [0.1, 0.15) is 24.2 Å². The first-order valence-corrected chi connectivity index (χ1v) is 8.32. The first kappa shape index (κ1) is 18.2. The lowest BCUT2D eigenvalue weighted by atomic mass is 10.2. The molecule has 0 bridgehead atoms. The normalized spacial score (nSPS) is 12.0. The number of oxazole rings is 1. The van der Waals surface area contributed by atoms with Crippen LogP contribution in [0, 0.1) is 0 Å². The molecule has 0 aliphatic heterocycles. The van der Waals surface area contributed by atoms with Crippen molar-refractivity contribution in [2.75, 3.05) is 0 Å². The zero-order valence-corrected chi connectivity index (χ0v) is 15.3. The van der Waals surface area contributed by atoms with Crippen molar-refractivity contribution >= 4 is 46.2 Å². The maximum atomic E-state index is 12.1. The Kier molecular flexibility index (Phi) is 5.15. The molecule has 0 aliphatic carbocycles. The molecule has 0 aliphatic rings. The highest BCUT2D eigenvalue weighted by Crippen LogP contribution is 2.29. The maximum absolute atomic E-state index is 12.1. The van der Waals surface area contributed by atoms with Crippen molar-refractivity contribution in [3.8, 4) is 11.5 Å². The third kappa shape index (κ3) is 4.15. The van der Waals surface area contributed by atoms with E-state index in [1.807, 2.05) is 0 Å². The predicted octanol–water partition coefficient (Wildman–Crippen LogP) is 4.87. The first-order valence-electron chi connectivity index (χ1n) is 7.57. The third-order valence-corrected chi connectivity index (χ3v) is 3.78. The van der Waals surface area contributed by atoms with Gasteiger partial charge in [0.2, 0.25) is 12.2 Å². The molecule has 2 aromatic carbocycles. The molecule has 0 fully saturated rings. The van der Waals surface area contributed by atoms with Gasteiger partial charge >= 0.3 is 11.9 Å². The van der Waals surface area contributed by atoms with E-state index in [4.69, 9.17) is 37.1 Å². The lowest BCUT2D eigenvalue weighted by molar-refractivity contribution is -0.162. The number of hydrogen-bond donors (Lipinski definition) is 0. The average molecular weight is 394 g/mol. The summed E-state index contributed by atoms with van der Waals surface area (Å²) in [7, 11) is 0. The number of benzene rings is 2. The summed E-state index contributed by atoms with van der Waals surface area (Å²) in [6.07, 6.45) is -0.991. The lowest BCUT2D eigenvalue weighted by Crippen LogP contribution is -2.20. The third-order valence-electron chi connectivity index (χ3n) is 3.34. The minimum atomic E-state index is -0.991. The quantitative estimate of drug-likeness (QED) is 0.464. The van der Waals surface area contributed by atoms with Gasteiger partial charge in [0.15, 0.2) is 5.58 Å². The van der Waals surface area contributed by atoms with E-state index >= 15 is 0 Å². The van der Waals surface area contributed by atoms with Gasteiger partial charge in [-0.2, -0.15) is 0 Å². The van der Waals surface area contributed by atoms with E-state index < -0.39 is 18.2 Å². The van der Waals surface area contributed by atoms with Crippen molar-refractivity contribution in [2.24, 2.45) is 0 Å². The van der Waals surface area contributed by atoms with Gasteiger partial charge in [0.25, 0.3) is 0 Å². The van der Waals surface area contributed by atoms with E-state index in [1.165, 1.54) is 19.9 Å². The number of ether oxygens (including phenoxy) is 2. The fraction of sp³-hybridized carbons (Fsp3) is 0.167. The summed E-state index contributed by atoms with van der Waals surface area (Å²) in [5.41, 5.74) is 1.81. The Balaban J connectivity index is 1.87. The van der Waals surface area contributed by atoms with Crippen molar-refractivity contribution in [3.05, 3.63) is 52.0 Å². The van der Waals surface area contributed by atoms with Gasteiger partial charge in [0.1, 0.15) is 5.52 Å². The molecule has 0 amide bonds. The molecule has 3 aromatic rings. The van der Waals surface area contributed by atoms with E-state index in [2.05, 4.69) is 4.98 Å². The van der Waals surface area contributed by atoms with Crippen LogP contribution in [0.15, 0.2) is 40.8 Å². The number of halogens is 2. The molecule has 6 nitrogen and oxygen atoms in total. The van der Waals surface area contributed by atoms with Crippen molar-refractivity contribution in [2.45, 2.75) is 20.1 Å². The first-order chi connectivity index (χ1) is 12.3. The number of esters is 2. The summed E-state index contributed by atoms with van der Waals surface area (Å²) in [6.45, 7) is 2.68. The smallest absolute Gasteiger partial charge is 0.341 e. The highest BCUT2D eigenvalue weighted by Gasteiger charge is 2.16. The van der Waals surface area contributed by atoms with Crippen LogP contribution in [0.4, 0.5) is 0 Å². The van der Waals surface area contributed by atoms with Gasteiger partial charge in [0, 0.05) is 29.5 Å². The molecule has 0 saturated carbocycles. The molecule has 8 heteroatoms. The molecule has 1 unspecified atom stereocenters. The van der Waals surface area contributed by atoms with E-state index in [1.54, 1.807) is 30.3 Å². The number of fused-ring (bicyclic) bond motifs is 1. The Bertz CT molecular complexity index is 978. The van der Waals surface area contributed by atoms with Crippen LogP contribution >= 0.6 is 23.2 Å². The summed E-state index contributed by atoms with van der Waals surface area (Å²) < 4.78 is 15.5. The molecular formula is C18H13Cl2NO5. The van der Waals surface area contributed by atoms with Crippen LogP contribution in [0.3, 0.4) is 0 Å². The number of hydrogen-bond acceptors (Lipinski definition) is 6. The molecule has 134 valence electrons. The lowest BCUT2D eigenvalue weighted by Gasteiger charge is -2.12. The van der Waals surface area contributed by atoms with Crippen LogP contribution in [0.2, 0.25) is 10.0 Å². The number of rotatable bonds is 4. The Labute approximate surface area is 158 Å². The highest BCUT2D eigenvalue weighted by molar-refractivity contribution is 6.35. The van der Waals surface area contributed by atoms with Gasteiger partial charge in [-0.3, -0.25) is 4.79 Å². The van der Waals surface area contributed by atoms with Crippen molar-refractivity contribution in [1.82, 2.24) is 4.98 Å². The van der Waals surface area contributed by atoms with Crippen molar-refractivity contribution < 1.29 is 23.5 Å². The predicted molar refractivity (Wildman–Crippen MR) is 96.1 cm³/mol. The van der Waals surface area contributed by atoms with E-state index in [0.717, 1.165) is 0 Å². The minimum Gasteiger partial charge on any atom is -0.436 e. The zero-order chi connectivity index (χ0) is 18.8. The summed E-state index contributed by atoms with van der Waals surface area (Å²) in [5.74, 6) is -0.867. The van der Waals surface area contributed by atoms with Crippen LogP contribution in [-0.4, -0.2) is 23.2 Å². The number of carbonyl (C=O) groups excluding carboxylic acids is 2. The maximum Gasteiger partial charge on any atom is 0.341 e. The van der Waals surface area contributed by atoms with Crippen LogP contribution in [0.25, 0.3) is 22.6 Å². The molecule has 1 heterocycles. The molecule has 1 aromatic heterocycles. The standard InChI is InChI=1S/C18H13Cl2NO5/c1-9(22)24-10(2)25-18(23)11-3-4-15-16(7-11)26-17(21-15)12-5-13(19)8-14(20)6-12/h3-8,10H,1-2H3. The van der Waals surface area contributed by atoms with Gasteiger partial charge in [-0.15, -0.1) is 0 Å².